The molecule has 0 fully saturated rings. The Morgan fingerprint density at radius 1 is 0.395 bits per heavy atom. The van der Waals surface area contributed by atoms with Crippen LogP contribution in [0.5, 0.6) is 0 Å². The number of hydrogen-bond acceptors (Lipinski definition) is 4. The van der Waals surface area contributed by atoms with Gasteiger partial charge in [-0.3, -0.25) is 18.8 Å². The topological polar surface area (TPSA) is 48.1 Å². The highest BCUT2D eigenvalue weighted by Crippen LogP contribution is 2.14. The Balaban J connectivity index is -0.00000116. The molecule has 0 amide bonds. The Morgan fingerprint density at radius 3 is 0.974 bits per heavy atom. The van der Waals surface area contributed by atoms with Crippen LogP contribution in [0, 0.1) is 34.9 Å². The molecule has 4 nitrogen and oxygen atoms in total. The molecule has 0 atom stereocenters. The third-order valence-electron chi connectivity index (χ3n) is 4.93. The second-order valence-electron chi connectivity index (χ2n) is 7.63. The molecule has 0 heterocycles. The van der Waals surface area contributed by atoms with E-state index >= 15 is 0 Å². The average Bonchev–Trinajstić information content (AvgIpc) is 2.77. The van der Waals surface area contributed by atoms with E-state index in [9.17, 15) is 26.3 Å². The fraction of sp³-hybridized carbons (Fsp3) is 0.500. The summed E-state index contributed by atoms with van der Waals surface area (Å²) < 4.78 is 79.0. The van der Waals surface area contributed by atoms with E-state index in [1.165, 1.54) is 0 Å². The first-order valence-corrected chi connectivity index (χ1v) is 11.0. The lowest BCUT2D eigenvalue weighted by Crippen LogP contribution is -2.26. The van der Waals surface area contributed by atoms with Gasteiger partial charge in [-0.15, -0.1) is 0 Å². The van der Waals surface area contributed by atoms with Crippen LogP contribution >= 0.6 is 0 Å². The Bertz CT molecular complexity index is 805. The molecule has 0 aliphatic carbocycles. The van der Waals surface area contributed by atoms with Crippen molar-refractivity contribution in [3.05, 3.63) is 70.3 Å². The molecule has 0 saturated heterocycles. The van der Waals surface area contributed by atoms with Crippen molar-refractivity contribution < 1.29 is 45.2 Å². The van der Waals surface area contributed by atoms with Gasteiger partial charge in [0.2, 0.25) is 0 Å². The highest BCUT2D eigenvalue weighted by molar-refractivity contribution is 5.20. The minimum atomic E-state index is -1.19. The van der Waals surface area contributed by atoms with Crippen molar-refractivity contribution >= 4 is 0 Å². The SMILES string of the molecule is C.F.F.F.F.Fc1cc(F)c(CNCCCNCCCNCCCNCc2cc(F)c(F)cc2F)cc1F. The van der Waals surface area contributed by atoms with Crippen molar-refractivity contribution in [2.24, 2.45) is 0 Å². The molecule has 0 radical (unpaired) electrons. The van der Waals surface area contributed by atoms with Gasteiger partial charge in [-0.1, -0.05) is 7.43 Å². The lowest BCUT2D eigenvalue weighted by Gasteiger charge is -2.09. The van der Waals surface area contributed by atoms with Gasteiger partial charge in [0.15, 0.2) is 23.3 Å². The van der Waals surface area contributed by atoms with Crippen LogP contribution in [0.2, 0.25) is 0 Å². The number of benzene rings is 2. The fourth-order valence-corrected chi connectivity index (χ4v) is 3.11. The maximum absolute atomic E-state index is 13.5. The molecule has 38 heavy (non-hydrogen) atoms. The highest BCUT2D eigenvalue weighted by Gasteiger charge is 2.10. The van der Waals surface area contributed by atoms with E-state index in [1.807, 2.05) is 0 Å². The van der Waals surface area contributed by atoms with Crippen LogP contribution < -0.4 is 21.3 Å². The Kier molecular flexibility index (Phi) is 26.6. The number of rotatable bonds is 16. The summed E-state index contributed by atoms with van der Waals surface area (Å²) in [5.74, 6) is -6.03. The van der Waals surface area contributed by atoms with Crippen LogP contribution in [0.4, 0.5) is 45.2 Å². The third-order valence-corrected chi connectivity index (χ3v) is 4.93. The molecule has 0 aliphatic rings. The van der Waals surface area contributed by atoms with E-state index in [1.54, 1.807) is 0 Å². The van der Waals surface area contributed by atoms with Gasteiger partial charge in [0.25, 0.3) is 0 Å². The molecular weight excluding hydrogens is 534 g/mol. The van der Waals surface area contributed by atoms with Crippen LogP contribution in [0.25, 0.3) is 0 Å². The van der Waals surface area contributed by atoms with Gasteiger partial charge in [0.1, 0.15) is 11.6 Å². The zero-order valence-corrected chi connectivity index (χ0v) is 20.0. The molecule has 0 aliphatic heterocycles. The van der Waals surface area contributed by atoms with Crippen molar-refractivity contribution in [3.63, 3.8) is 0 Å². The van der Waals surface area contributed by atoms with E-state index < -0.39 is 34.9 Å². The molecule has 0 aromatic heterocycles. The fourth-order valence-electron chi connectivity index (χ4n) is 3.11. The van der Waals surface area contributed by atoms with Gasteiger partial charge in [-0.25, -0.2) is 26.3 Å². The van der Waals surface area contributed by atoms with Crippen molar-refractivity contribution in [3.8, 4) is 0 Å². The number of hydrogen-bond donors (Lipinski definition) is 4. The molecule has 4 N–H and O–H groups in total. The summed E-state index contributed by atoms with van der Waals surface area (Å²) in [4.78, 5) is 0. The standard InChI is InChI=1S/C23H30F6N4.CH4.4FH/c24-18-12-22(28)20(26)10-16(18)14-32-8-2-6-30-4-1-5-31-7-3-9-33-15-17-11-21(27)23(29)13-19(17)25;;;;;/h10-13,30-33H,1-9,14-15H2;1H4;4*1H. The van der Waals surface area contributed by atoms with E-state index in [0.29, 0.717) is 25.2 Å². The van der Waals surface area contributed by atoms with Crippen molar-refractivity contribution in [1.82, 2.24) is 21.3 Å². The van der Waals surface area contributed by atoms with Crippen LogP contribution in [-0.2, 0) is 13.1 Å². The molecule has 2 aromatic carbocycles. The second-order valence-corrected chi connectivity index (χ2v) is 7.63. The minimum absolute atomic E-state index is 0. The third kappa shape index (κ3) is 15.7. The normalized spacial score (nSPS) is 9.84. The maximum atomic E-state index is 13.5. The van der Waals surface area contributed by atoms with Gasteiger partial charge in [0, 0.05) is 36.3 Å². The van der Waals surface area contributed by atoms with Crippen LogP contribution in [0.3, 0.4) is 0 Å². The van der Waals surface area contributed by atoms with Gasteiger partial charge in [-0.05, 0) is 70.7 Å². The first-order valence-electron chi connectivity index (χ1n) is 11.0. The monoisotopic (exact) mass is 572 g/mol. The Morgan fingerprint density at radius 2 is 0.658 bits per heavy atom. The summed E-state index contributed by atoms with van der Waals surface area (Å²) in [6, 6.07) is 2.84. The highest BCUT2D eigenvalue weighted by atomic mass is 19.2. The summed E-state index contributed by atoms with van der Waals surface area (Å²) in [6.07, 6.45) is 2.55. The van der Waals surface area contributed by atoms with Crippen molar-refractivity contribution in [2.75, 3.05) is 39.3 Å². The summed E-state index contributed by atoms with van der Waals surface area (Å²) in [5.41, 5.74) is 0.194. The molecule has 0 saturated carbocycles. The molecule has 0 spiro atoms. The molecule has 0 unspecified atom stereocenters. The zero-order valence-electron chi connectivity index (χ0n) is 20.0. The predicted molar refractivity (Wildman–Crippen MR) is 132 cm³/mol. The molecule has 2 aromatic rings. The largest absolute Gasteiger partial charge is 0.317 e. The summed E-state index contributed by atoms with van der Waals surface area (Å²) in [7, 11) is 0. The quantitative estimate of drug-likeness (QED) is 0.130. The van der Waals surface area contributed by atoms with Gasteiger partial charge >= 0.3 is 0 Å². The van der Waals surface area contributed by atoms with Crippen molar-refractivity contribution in [1.29, 1.82) is 0 Å². The van der Waals surface area contributed by atoms with E-state index in [-0.39, 0.29) is 50.5 Å². The first-order chi connectivity index (χ1) is 15.9. The molecule has 2 rings (SSSR count). The first kappa shape index (κ1) is 42.7. The van der Waals surface area contributed by atoms with Gasteiger partial charge in [0.05, 0.1) is 0 Å². The summed E-state index contributed by atoms with van der Waals surface area (Å²) >= 11 is 0. The Labute approximate surface area is 216 Å². The van der Waals surface area contributed by atoms with Crippen LogP contribution in [-0.4, -0.2) is 39.3 Å². The van der Waals surface area contributed by atoms with E-state index in [4.69, 9.17) is 0 Å². The van der Waals surface area contributed by atoms with Crippen LogP contribution in [0.15, 0.2) is 24.3 Å². The van der Waals surface area contributed by atoms with Gasteiger partial charge in [-0.2, -0.15) is 0 Å². The molecular formula is C24H38F10N4. The Hall–Kier alpha value is -2.42. The number of halogens is 10. The molecule has 0 bridgehead atoms. The predicted octanol–water partition coefficient (Wildman–Crippen LogP) is 5.00. The van der Waals surface area contributed by atoms with E-state index in [0.717, 1.165) is 57.6 Å². The molecule has 224 valence electrons. The lowest BCUT2D eigenvalue weighted by molar-refractivity contribution is 0.485. The summed E-state index contributed by atoms with van der Waals surface area (Å²) in [6.45, 7) is 4.72. The van der Waals surface area contributed by atoms with Gasteiger partial charge < -0.3 is 21.3 Å². The molecule has 14 heteroatoms. The second kappa shape index (κ2) is 23.7. The van der Waals surface area contributed by atoms with Crippen molar-refractivity contribution in [2.45, 2.75) is 39.8 Å². The smallest absolute Gasteiger partial charge is 0.161 e. The average molecular weight is 573 g/mol. The van der Waals surface area contributed by atoms with Crippen LogP contribution in [0.1, 0.15) is 37.8 Å². The maximum Gasteiger partial charge on any atom is 0.161 e. The summed E-state index contributed by atoms with van der Waals surface area (Å²) in [5, 5.41) is 12.6. The zero-order chi connectivity index (χ0) is 24.1. The lowest BCUT2D eigenvalue weighted by atomic mass is 10.2. The number of nitrogens with one attached hydrogen (secondary N) is 4. The minimum Gasteiger partial charge on any atom is -0.317 e. The van der Waals surface area contributed by atoms with E-state index in [2.05, 4.69) is 21.3 Å².